The van der Waals surface area contributed by atoms with Crippen molar-refractivity contribution in [2.75, 3.05) is 24.5 Å². The number of anilines is 1. The van der Waals surface area contributed by atoms with Gasteiger partial charge in [-0.25, -0.2) is 4.98 Å². The number of nitrogens with zero attached hydrogens (tertiary/aromatic N) is 4. The Labute approximate surface area is 107 Å². The van der Waals surface area contributed by atoms with Gasteiger partial charge in [0.2, 0.25) is 17.0 Å². The highest BCUT2D eigenvalue weighted by molar-refractivity contribution is 6.28. The molecule has 0 atom stereocenters. The second-order valence-corrected chi connectivity index (χ2v) is 4.07. The van der Waals surface area contributed by atoms with Crippen LogP contribution in [0.4, 0.5) is 11.5 Å². The molecular formula is C9H10ClN5O3. The van der Waals surface area contributed by atoms with Crippen molar-refractivity contribution in [1.82, 2.24) is 15.3 Å². The quantitative estimate of drug-likeness (QED) is 0.473. The summed E-state index contributed by atoms with van der Waals surface area (Å²) in [7, 11) is 0. The molecule has 0 aromatic carbocycles. The molecule has 1 amide bonds. The zero-order chi connectivity index (χ0) is 13.1. The monoisotopic (exact) mass is 271 g/mol. The fourth-order valence-electron chi connectivity index (χ4n) is 1.69. The van der Waals surface area contributed by atoms with Gasteiger partial charge in [-0.3, -0.25) is 14.9 Å². The smallest absolute Gasteiger partial charge is 0.329 e. The van der Waals surface area contributed by atoms with Crippen LogP contribution >= 0.6 is 11.6 Å². The summed E-state index contributed by atoms with van der Waals surface area (Å²) in [5.74, 6) is -0.117. The molecule has 8 nitrogen and oxygen atoms in total. The van der Waals surface area contributed by atoms with E-state index in [9.17, 15) is 14.9 Å². The van der Waals surface area contributed by atoms with E-state index in [2.05, 4.69) is 15.3 Å². The minimum Gasteiger partial charge on any atom is -0.354 e. The molecule has 1 aliphatic rings. The van der Waals surface area contributed by atoms with Crippen molar-refractivity contribution in [1.29, 1.82) is 0 Å². The number of carbonyl (C=O) groups excluding carboxylic acids is 1. The summed E-state index contributed by atoms with van der Waals surface area (Å²) in [6.07, 6.45) is 1.73. The number of amides is 1. The minimum absolute atomic E-state index is 0.0220. The van der Waals surface area contributed by atoms with E-state index in [1.165, 1.54) is 4.90 Å². The van der Waals surface area contributed by atoms with Crippen LogP contribution in [0.3, 0.4) is 0 Å². The maximum atomic E-state index is 11.4. The van der Waals surface area contributed by atoms with Crippen LogP contribution in [0.25, 0.3) is 0 Å². The van der Waals surface area contributed by atoms with Gasteiger partial charge in [0, 0.05) is 13.1 Å². The average molecular weight is 272 g/mol. The number of halogens is 1. The van der Waals surface area contributed by atoms with Crippen LogP contribution in [-0.2, 0) is 4.79 Å². The summed E-state index contributed by atoms with van der Waals surface area (Å²) >= 11 is 5.65. The van der Waals surface area contributed by atoms with Crippen LogP contribution < -0.4 is 10.2 Å². The third kappa shape index (κ3) is 2.65. The maximum Gasteiger partial charge on any atom is 0.329 e. The van der Waals surface area contributed by atoms with E-state index in [4.69, 9.17) is 11.6 Å². The second kappa shape index (κ2) is 5.13. The standard InChI is InChI=1S/C9H10ClN5O3/c10-9-12-4-6(15(17)18)8(13-9)14-3-1-2-11-7(16)5-14/h4H,1-3,5H2,(H,11,16). The van der Waals surface area contributed by atoms with E-state index in [-0.39, 0.29) is 29.2 Å². The number of rotatable bonds is 2. The highest BCUT2D eigenvalue weighted by Crippen LogP contribution is 2.26. The van der Waals surface area contributed by atoms with Gasteiger partial charge in [-0.1, -0.05) is 0 Å². The molecule has 0 saturated carbocycles. The van der Waals surface area contributed by atoms with Crippen LogP contribution in [0, 0.1) is 10.1 Å². The van der Waals surface area contributed by atoms with Gasteiger partial charge < -0.3 is 10.2 Å². The van der Waals surface area contributed by atoms with Crippen molar-refractivity contribution >= 4 is 29.0 Å². The van der Waals surface area contributed by atoms with Crippen LogP contribution in [0.1, 0.15) is 6.42 Å². The summed E-state index contributed by atoms with van der Waals surface area (Å²) in [5, 5.41) is 13.5. The van der Waals surface area contributed by atoms with Gasteiger partial charge in [0.25, 0.3) is 0 Å². The average Bonchev–Trinajstić information content (AvgIpc) is 2.53. The lowest BCUT2D eigenvalue weighted by Crippen LogP contribution is -2.34. The van der Waals surface area contributed by atoms with Crippen LogP contribution in [0.5, 0.6) is 0 Å². The lowest BCUT2D eigenvalue weighted by atomic mass is 10.3. The highest BCUT2D eigenvalue weighted by atomic mass is 35.5. The zero-order valence-electron chi connectivity index (χ0n) is 9.30. The molecule has 1 aliphatic heterocycles. The van der Waals surface area contributed by atoms with Crippen molar-refractivity contribution in [3.05, 3.63) is 21.6 Å². The molecule has 96 valence electrons. The van der Waals surface area contributed by atoms with Crippen molar-refractivity contribution in [2.24, 2.45) is 0 Å². The largest absolute Gasteiger partial charge is 0.354 e. The summed E-state index contributed by atoms with van der Waals surface area (Å²) in [6.45, 7) is 1.06. The van der Waals surface area contributed by atoms with Gasteiger partial charge >= 0.3 is 5.69 Å². The first-order valence-electron chi connectivity index (χ1n) is 5.26. The summed E-state index contributed by atoms with van der Waals surface area (Å²) in [4.78, 5) is 30.7. The van der Waals surface area contributed by atoms with Crippen LogP contribution in [0.15, 0.2) is 6.20 Å². The molecule has 2 rings (SSSR count). The molecule has 0 unspecified atom stereocenters. The van der Waals surface area contributed by atoms with E-state index in [1.807, 2.05) is 0 Å². The van der Waals surface area contributed by atoms with Crippen molar-refractivity contribution < 1.29 is 9.72 Å². The first-order chi connectivity index (χ1) is 8.58. The lowest BCUT2D eigenvalue weighted by Gasteiger charge is -2.19. The van der Waals surface area contributed by atoms with Gasteiger partial charge in [-0.05, 0) is 18.0 Å². The molecule has 1 fully saturated rings. The number of nitro groups is 1. The number of carbonyl (C=O) groups is 1. The molecule has 9 heteroatoms. The third-order valence-corrected chi connectivity index (χ3v) is 2.66. The number of hydrogen-bond donors (Lipinski definition) is 1. The SMILES string of the molecule is O=C1CN(c2nc(Cl)ncc2[N+](=O)[O-])CCCN1. The zero-order valence-corrected chi connectivity index (χ0v) is 10.1. The molecular weight excluding hydrogens is 262 g/mol. The Kier molecular flexibility index (Phi) is 3.56. The second-order valence-electron chi connectivity index (χ2n) is 3.73. The number of nitrogens with one attached hydrogen (secondary N) is 1. The van der Waals surface area contributed by atoms with Gasteiger partial charge in [0.15, 0.2) is 0 Å². The molecule has 1 aromatic rings. The van der Waals surface area contributed by atoms with E-state index in [1.54, 1.807) is 0 Å². The highest BCUT2D eigenvalue weighted by Gasteiger charge is 2.25. The van der Waals surface area contributed by atoms with E-state index >= 15 is 0 Å². The summed E-state index contributed by atoms with van der Waals surface area (Å²) < 4.78 is 0. The van der Waals surface area contributed by atoms with E-state index in [0.717, 1.165) is 6.20 Å². The molecule has 0 aliphatic carbocycles. The van der Waals surface area contributed by atoms with Gasteiger partial charge in [0.05, 0.1) is 11.5 Å². The first kappa shape index (κ1) is 12.5. The Balaban J connectivity index is 2.38. The lowest BCUT2D eigenvalue weighted by molar-refractivity contribution is -0.384. The summed E-state index contributed by atoms with van der Waals surface area (Å²) in [6, 6.07) is 0. The predicted octanol–water partition coefficient (Wildman–Crippen LogP) is 0.364. The van der Waals surface area contributed by atoms with Crippen molar-refractivity contribution in [3.63, 3.8) is 0 Å². The molecule has 0 spiro atoms. The minimum atomic E-state index is -0.589. The van der Waals surface area contributed by atoms with Gasteiger partial charge in [-0.2, -0.15) is 4.98 Å². The third-order valence-electron chi connectivity index (χ3n) is 2.48. The fraction of sp³-hybridized carbons (Fsp3) is 0.444. The molecule has 1 N–H and O–H groups in total. The predicted molar refractivity (Wildman–Crippen MR) is 63.5 cm³/mol. The molecule has 18 heavy (non-hydrogen) atoms. The summed E-state index contributed by atoms with van der Waals surface area (Å²) in [5.41, 5.74) is -0.255. The van der Waals surface area contributed by atoms with E-state index < -0.39 is 4.92 Å². The Bertz CT molecular complexity index is 495. The Morgan fingerprint density at radius 1 is 1.56 bits per heavy atom. The van der Waals surface area contributed by atoms with Gasteiger partial charge in [0.1, 0.15) is 6.20 Å². The molecule has 2 heterocycles. The Morgan fingerprint density at radius 3 is 3.06 bits per heavy atom. The van der Waals surface area contributed by atoms with Crippen LogP contribution in [-0.4, -0.2) is 40.4 Å². The maximum absolute atomic E-state index is 11.4. The number of hydrogen-bond acceptors (Lipinski definition) is 6. The number of aromatic nitrogens is 2. The topological polar surface area (TPSA) is 101 Å². The molecule has 1 aromatic heterocycles. The van der Waals surface area contributed by atoms with E-state index in [0.29, 0.717) is 19.5 Å². The van der Waals surface area contributed by atoms with Gasteiger partial charge in [-0.15, -0.1) is 0 Å². The molecule has 1 saturated heterocycles. The Hall–Kier alpha value is -1.96. The van der Waals surface area contributed by atoms with Crippen molar-refractivity contribution in [3.8, 4) is 0 Å². The molecule has 0 radical (unpaired) electrons. The first-order valence-corrected chi connectivity index (χ1v) is 5.64. The normalized spacial score (nSPS) is 16.1. The fourth-order valence-corrected chi connectivity index (χ4v) is 1.82. The van der Waals surface area contributed by atoms with Crippen molar-refractivity contribution in [2.45, 2.75) is 6.42 Å². The Morgan fingerprint density at radius 2 is 2.33 bits per heavy atom. The molecule has 0 bridgehead atoms. The van der Waals surface area contributed by atoms with Crippen LogP contribution in [0.2, 0.25) is 5.28 Å².